The number of aldehydes is 1. The van der Waals surface area contributed by atoms with Gasteiger partial charge in [-0.15, -0.1) is 0 Å². The molecule has 0 aliphatic heterocycles. The summed E-state index contributed by atoms with van der Waals surface area (Å²) in [6.07, 6.45) is 7.74. The Morgan fingerprint density at radius 3 is 1.84 bits per heavy atom. The SMILES string of the molecule is COC(=O)c1cc(-c2cncn2C)nc2ccccc12.Cn1cncc1-c1cc(C=O)c2ccccc2n1. The number of ether oxygens (including phenoxy) is 1. The molecule has 4 heterocycles. The summed E-state index contributed by atoms with van der Waals surface area (Å²) in [5.41, 5.74) is 5.93. The quantitative estimate of drug-likeness (QED) is 0.249. The molecule has 38 heavy (non-hydrogen) atoms. The van der Waals surface area contributed by atoms with Crippen LogP contribution in [-0.4, -0.2) is 48.4 Å². The number of pyridine rings is 2. The Bertz CT molecular complexity index is 1790. The van der Waals surface area contributed by atoms with Gasteiger partial charge in [-0.3, -0.25) is 4.79 Å². The number of imidazole rings is 2. The van der Waals surface area contributed by atoms with Gasteiger partial charge in [-0.1, -0.05) is 36.4 Å². The molecule has 0 aliphatic carbocycles. The van der Waals surface area contributed by atoms with Crippen LogP contribution in [0.1, 0.15) is 20.7 Å². The number of carbonyl (C=O) groups is 2. The predicted octanol–water partition coefficient (Wildman–Crippen LogP) is 4.87. The van der Waals surface area contributed by atoms with Crippen molar-refractivity contribution in [3.8, 4) is 22.8 Å². The van der Waals surface area contributed by atoms with Gasteiger partial charge in [-0.25, -0.2) is 24.7 Å². The number of para-hydroxylation sites is 2. The highest BCUT2D eigenvalue weighted by molar-refractivity contribution is 6.04. The fourth-order valence-electron chi connectivity index (χ4n) is 4.22. The van der Waals surface area contributed by atoms with E-state index in [1.165, 1.54) is 7.11 Å². The number of hydrogen-bond acceptors (Lipinski definition) is 7. The Hall–Kier alpha value is -5.18. The number of rotatable bonds is 4. The van der Waals surface area contributed by atoms with Crippen molar-refractivity contribution in [1.29, 1.82) is 0 Å². The first-order valence-corrected chi connectivity index (χ1v) is 11.8. The van der Waals surface area contributed by atoms with E-state index in [4.69, 9.17) is 4.74 Å². The molecule has 6 aromatic rings. The molecule has 0 unspecified atom stereocenters. The second-order valence-electron chi connectivity index (χ2n) is 8.58. The molecule has 0 saturated carbocycles. The third-order valence-corrected chi connectivity index (χ3v) is 6.15. The van der Waals surface area contributed by atoms with Crippen molar-refractivity contribution in [2.75, 3.05) is 7.11 Å². The van der Waals surface area contributed by atoms with Crippen LogP contribution in [0, 0.1) is 0 Å². The topological polar surface area (TPSA) is 105 Å². The minimum Gasteiger partial charge on any atom is -0.465 e. The van der Waals surface area contributed by atoms with E-state index in [0.717, 1.165) is 45.2 Å². The number of nitrogens with zero attached hydrogens (tertiary/aromatic N) is 6. The lowest BCUT2D eigenvalue weighted by atomic mass is 10.1. The summed E-state index contributed by atoms with van der Waals surface area (Å²) in [7, 11) is 5.16. The van der Waals surface area contributed by atoms with Crippen LogP contribution in [0.3, 0.4) is 0 Å². The van der Waals surface area contributed by atoms with Gasteiger partial charge in [-0.2, -0.15) is 0 Å². The molecule has 9 heteroatoms. The van der Waals surface area contributed by atoms with Crippen LogP contribution in [0.5, 0.6) is 0 Å². The van der Waals surface area contributed by atoms with Crippen LogP contribution in [0.25, 0.3) is 44.6 Å². The summed E-state index contributed by atoms with van der Waals surface area (Å²) in [5, 5.41) is 1.66. The summed E-state index contributed by atoms with van der Waals surface area (Å²) in [6.45, 7) is 0. The van der Waals surface area contributed by atoms with Gasteiger partial charge in [0.2, 0.25) is 0 Å². The van der Waals surface area contributed by atoms with E-state index in [2.05, 4.69) is 19.9 Å². The third-order valence-electron chi connectivity index (χ3n) is 6.15. The van der Waals surface area contributed by atoms with Gasteiger partial charge in [0, 0.05) is 30.4 Å². The summed E-state index contributed by atoms with van der Waals surface area (Å²) < 4.78 is 8.60. The maximum atomic E-state index is 12.0. The lowest BCUT2D eigenvalue weighted by Gasteiger charge is -2.08. The molecule has 2 aromatic carbocycles. The Morgan fingerprint density at radius 1 is 0.789 bits per heavy atom. The Morgan fingerprint density at radius 2 is 1.32 bits per heavy atom. The number of aromatic nitrogens is 6. The van der Waals surface area contributed by atoms with Crippen LogP contribution >= 0.6 is 0 Å². The molecule has 0 saturated heterocycles. The first-order chi connectivity index (χ1) is 18.5. The van der Waals surface area contributed by atoms with Crippen molar-refractivity contribution in [2.45, 2.75) is 0 Å². The number of aryl methyl sites for hydroxylation is 2. The Balaban J connectivity index is 0.000000156. The normalized spacial score (nSPS) is 10.7. The van der Waals surface area contributed by atoms with Crippen molar-refractivity contribution in [2.24, 2.45) is 14.1 Å². The zero-order chi connectivity index (χ0) is 26.6. The van der Waals surface area contributed by atoms with Crippen LogP contribution in [0.4, 0.5) is 0 Å². The van der Waals surface area contributed by atoms with Crippen LogP contribution in [0.15, 0.2) is 85.7 Å². The Labute approximate surface area is 218 Å². The summed E-state index contributed by atoms with van der Waals surface area (Å²) >= 11 is 0. The molecular formula is C29H24N6O3. The first kappa shape index (κ1) is 24.5. The van der Waals surface area contributed by atoms with Crippen LogP contribution < -0.4 is 0 Å². The fourth-order valence-corrected chi connectivity index (χ4v) is 4.22. The van der Waals surface area contributed by atoms with Gasteiger partial charge in [0.1, 0.15) is 0 Å². The van der Waals surface area contributed by atoms with Crippen molar-refractivity contribution < 1.29 is 14.3 Å². The molecule has 0 amide bonds. The number of hydrogen-bond donors (Lipinski definition) is 0. The maximum Gasteiger partial charge on any atom is 0.338 e. The minimum absolute atomic E-state index is 0.369. The molecule has 0 fully saturated rings. The molecule has 188 valence electrons. The molecule has 4 aromatic heterocycles. The zero-order valence-corrected chi connectivity index (χ0v) is 21.1. The molecule has 0 N–H and O–H groups in total. The monoisotopic (exact) mass is 504 g/mol. The van der Waals surface area contributed by atoms with Gasteiger partial charge in [0.15, 0.2) is 6.29 Å². The Kier molecular flexibility index (Phi) is 6.73. The number of methoxy groups -OCH3 is 1. The molecule has 0 spiro atoms. The van der Waals surface area contributed by atoms with Crippen molar-refractivity contribution in [3.63, 3.8) is 0 Å². The van der Waals surface area contributed by atoms with Gasteiger partial charge in [-0.05, 0) is 24.3 Å². The van der Waals surface area contributed by atoms with Gasteiger partial charge >= 0.3 is 5.97 Å². The minimum atomic E-state index is -0.369. The summed E-state index contributed by atoms with van der Waals surface area (Å²) in [4.78, 5) is 40.4. The molecule has 9 nitrogen and oxygen atoms in total. The second kappa shape index (κ2) is 10.4. The summed E-state index contributed by atoms with van der Waals surface area (Å²) in [5.74, 6) is -0.369. The second-order valence-corrected chi connectivity index (χ2v) is 8.58. The number of esters is 1. The van der Waals surface area contributed by atoms with Gasteiger partial charge in [0.05, 0.1) is 71.5 Å². The molecular weight excluding hydrogens is 480 g/mol. The zero-order valence-electron chi connectivity index (χ0n) is 21.1. The highest BCUT2D eigenvalue weighted by atomic mass is 16.5. The maximum absolute atomic E-state index is 12.0. The molecule has 0 atom stereocenters. The standard InChI is InChI=1S/C15H13N3O2.C14H11N3O/c1-18-9-16-8-14(18)13-7-11(15(19)20-2)10-5-3-4-6-12(10)17-13;1-17-9-15-7-14(17)13-6-10(8-18)11-4-2-3-5-12(11)16-13/h3-9H,1-2H3;2-9H,1H3. The number of benzene rings is 2. The third kappa shape index (κ3) is 4.64. The van der Waals surface area contributed by atoms with Crippen molar-refractivity contribution in [3.05, 3.63) is 96.8 Å². The molecule has 0 aliphatic rings. The fraction of sp³-hybridized carbons (Fsp3) is 0.103. The van der Waals surface area contributed by atoms with E-state index >= 15 is 0 Å². The highest BCUT2D eigenvalue weighted by Crippen LogP contribution is 2.25. The largest absolute Gasteiger partial charge is 0.465 e. The van der Waals surface area contributed by atoms with Crippen LogP contribution in [0.2, 0.25) is 0 Å². The molecule has 0 radical (unpaired) electrons. The summed E-state index contributed by atoms with van der Waals surface area (Å²) in [6, 6.07) is 18.7. The van der Waals surface area contributed by atoms with Crippen molar-refractivity contribution in [1.82, 2.24) is 29.1 Å². The highest BCUT2D eigenvalue weighted by Gasteiger charge is 2.15. The van der Waals surface area contributed by atoms with Crippen molar-refractivity contribution >= 4 is 34.1 Å². The van der Waals surface area contributed by atoms with E-state index in [0.29, 0.717) is 16.8 Å². The van der Waals surface area contributed by atoms with E-state index < -0.39 is 0 Å². The lowest BCUT2D eigenvalue weighted by molar-refractivity contribution is 0.0603. The van der Waals surface area contributed by atoms with Gasteiger partial charge in [0.25, 0.3) is 0 Å². The van der Waals surface area contributed by atoms with E-state index in [9.17, 15) is 9.59 Å². The van der Waals surface area contributed by atoms with Crippen LogP contribution in [-0.2, 0) is 18.8 Å². The number of fused-ring (bicyclic) bond motifs is 2. The van der Waals surface area contributed by atoms with E-state index in [-0.39, 0.29) is 5.97 Å². The average molecular weight is 505 g/mol. The lowest BCUT2D eigenvalue weighted by Crippen LogP contribution is -2.04. The van der Waals surface area contributed by atoms with E-state index in [1.807, 2.05) is 71.8 Å². The first-order valence-electron chi connectivity index (χ1n) is 11.8. The average Bonchev–Trinajstić information content (AvgIpc) is 3.59. The molecule has 0 bridgehead atoms. The van der Waals surface area contributed by atoms with Gasteiger partial charge < -0.3 is 13.9 Å². The predicted molar refractivity (Wildman–Crippen MR) is 145 cm³/mol. The smallest absolute Gasteiger partial charge is 0.338 e. The number of carbonyl (C=O) groups excluding carboxylic acids is 2. The molecule has 6 rings (SSSR count). The van der Waals surface area contributed by atoms with E-state index in [1.54, 1.807) is 37.2 Å².